The van der Waals surface area contributed by atoms with E-state index in [1.54, 1.807) is 0 Å². The first kappa shape index (κ1) is 23.5. The van der Waals surface area contributed by atoms with Crippen LogP contribution in [-0.4, -0.2) is 29.9 Å². The number of amides is 1. The normalized spacial score (nSPS) is 18.4. The Labute approximate surface area is 189 Å². The van der Waals surface area contributed by atoms with Gasteiger partial charge in [-0.3, -0.25) is 9.69 Å². The number of rotatable bonds is 6. The number of nitrogens with one attached hydrogen (secondary N) is 1. The van der Waals surface area contributed by atoms with Crippen molar-refractivity contribution in [1.29, 1.82) is 0 Å². The van der Waals surface area contributed by atoms with Crippen LogP contribution in [0.1, 0.15) is 52.4 Å². The van der Waals surface area contributed by atoms with Crippen molar-refractivity contribution in [1.82, 2.24) is 10.2 Å². The zero-order valence-electron chi connectivity index (χ0n) is 17.4. The maximum atomic E-state index is 13.3. The molecule has 31 heavy (non-hydrogen) atoms. The summed E-state index contributed by atoms with van der Waals surface area (Å²) in [6.45, 7) is 6.77. The van der Waals surface area contributed by atoms with Gasteiger partial charge in [-0.2, -0.15) is 13.2 Å². The van der Waals surface area contributed by atoms with E-state index >= 15 is 0 Å². The van der Waals surface area contributed by atoms with Gasteiger partial charge in [-0.25, -0.2) is 0 Å². The fourth-order valence-corrected chi connectivity index (χ4v) is 4.71. The van der Waals surface area contributed by atoms with E-state index in [0.29, 0.717) is 6.54 Å². The molecule has 1 heterocycles. The second-order valence-corrected chi connectivity index (χ2v) is 8.74. The lowest BCUT2D eigenvalue weighted by Crippen LogP contribution is -2.49. The van der Waals surface area contributed by atoms with Crippen LogP contribution in [0.15, 0.2) is 59.6 Å². The molecule has 7 heteroatoms. The highest BCUT2D eigenvalue weighted by Gasteiger charge is 2.35. The standard InChI is InChI=1S/C24H26BrF3N2O/c1-3-13-30-14-5-4-12-21(30)22(17-8-6-9-18(25)15-17)29-23(31)19-10-7-11-20(16(19)2)24(26,27)28/h3,6-11,15,21-22H,1,4-5,12-14H2,2H3,(H,29,31)/t21-,22-/m0/s1. The van der Waals surface area contributed by atoms with Crippen molar-refractivity contribution in [3.63, 3.8) is 0 Å². The van der Waals surface area contributed by atoms with Gasteiger partial charge < -0.3 is 5.32 Å². The summed E-state index contributed by atoms with van der Waals surface area (Å²) in [5.74, 6) is -0.502. The molecule has 1 fully saturated rings. The highest BCUT2D eigenvalue weighted by atomic mass is 79.9. The highest BCUT2D eigenvalue weighted by molar-refractivity contribution is 9.10. The van der Waals surface area contributed by atoms with Crippen molar-refractivity contribution in [3.05, 3.63) is 81.8 Å². The molecule has 0 saturated carbocycles. The molecule has 0 aliphatic carbocycles. The van der Waals surface area contributed by atoms with Crippen molar-refractivity contribution >= 4 is 21.8 Å². The molecule has 0 aromatic heterocycles. The van der Waals surface area contributed by atoms with Crippen LogP contribution in [0.3, 0.4) is 0 Å². The Morgan fingerprint density at radius 1 is 1.29 bits per heavy atom. The molecule has 0 bridgehead atoms. The van der Waals surface area contributed by atoms with Gasteiger partial charge in [0.1, 0.15) is 0 Å². The average molecular weight is 495 g/mol. The van der Waals surface area contributed by atoms with E-state index in [0.717, 1.165) is 41.9 Å². The maximum Gasteiger partial charge on any atom is 0.416 e. The van der Waals surface area contributed by atoms with Crippen LogP contribution in [0, 0.1) is 6.92 Å². The largest absolute Gasteiger partial charge is 0.416 e. The van der Waals surface area contributed by atoms with Gasteiger partial charge in [-0.15, -0.1) is 6.58 Å². The van der Waals surface area contributed by atoms with Crippen LogP contribution in [0.2, 0.25) is 0 Å². The highest BCUT2D eigenvalue weighted by Crippen LogP contribution is 2.34. The Bertz CT molecular complexity index is 945. The molecule has 0 spiro atoms. The zero-order valence-corrected chi connectivity index (χ0v) is 19.0. The first-order valence-electron chi connectivity index (χ1n) is 10.3. The third kappa shape index (κ3) is 5.57. The predicted octanol–water partition coefficient (Wildman–Crippen LogP) is 6.29. The number of benzene rings is 2. The molecule has 2 atom stereocenters. The minimum Gasteiger partial charge on any atom is -0.344 e. The number of alkyl halides is 3. The number of likely N-dealkylation sites (tertiary alicyclic amines) is 1. The monoisotopic (exact) mass is 494 g/mol. The van der Waals surface area contributed by atoms with E-state index in [9.17, 15) is 18.0 Å². The van der Waals surface area contributed by atoms with Gasteiger partial charge in [0.05, 0.1) is 11.6 Å². The van der Waals surface area contributed by atoms with E-state index in [2.05, 4.69) is 32.7 Å². The van der Waals surface area contributed by atoms with Gasteiger partial charge in [0, 0.05) is 22.6 Å². The summed E-state index contributed by atoms with van der Waals surface area (Å²) >= 11 is 3.49. The third-order valence-corrected chi connectivity index (χ3v) is 6.28. The second kappa shape index (κ2) is 10.0. The molecular formula is C24H26BrF3N2O. The quantitative estimate of drug-likeness (QED) is 0.478. The minimum absolute atomic E-state index is 0.0242. The Morgan fingerprint density at radius 3 is 2.71 bits per heavy atom. The molecule has 3 nitrogen and oxygen atoms in total. The number of hydrogen-bond acceptors (Lipinski definition) is 2. The third-order valence-electron chi connectivity index (χ3n) is 5.79. The average Bonchev–Trinajstić information content (AvgIpc) is 2.72. The Hall–Kier alpha value is -2.12. The van der Waals surface area contributed by atoms with Crippen LogP contribution in [0.5, 0.6) is 0 Å². The van der Waals surface area contributed by atoms with E-state index < -0.39 is 17.6 Å². The smallest absolute Gasteiger partial charge is 0.344 e. The lowest BCUT2D eigenvalue weighted by Gasteiger charge is -2.40. The summed E-state index contributed by atoms with van der Waals surface area (Å²) in [5, 5.41) is 3.05. The Balaban J connectivity index is 1.97. The molecule has 166 valence electrons. The number of hydrogen-bond donors (Lipinski definition) is 1. The van der Waals surface area contributed by atoms with E-state index in [-0.39, 0.29) is 23.2 Å². The lowest BCUT2D eigenvalue weighted by molar-refractivity contribution is -0.138. The van der Waals surface area contributed by atoms with Crippen molar-refractivity contribution in [2.24, 2.45) is 0 Å². The topological polar surface area (TPSA) is 32.3 Å². The summed E-state index contributed by atoms with van der Waals surface area (Å²) < 4.78 is 40.9. The molecule has 1 aliphatic heterocycles. The SMILES string of the molecule is C=CCN1CCCC[C@H]1[C@@H](NC(=O)c1cccc(C(F)(F)F)c1C)c1cccc(Br)c1. The van der Waals surface area contributed by atoms with Gasteiger partial charge in [-0.1, -0.05) is 46.6 Å². The number of halogens is 4. The first-order valence-corrected chi connectivity index (χ1v) is 11.1. The second-order valence-electron chi connectivity index (χ2n) is 7.83. The zero-order chi connectivity index (χ0) is 22.6. The van der Waals surface area contributed by atoms with Crippen molar-refractivity contribution < 1.29 is 18.0 Å². The number of piperidine rings is 1. The van der Waals surface area contributed by atoms with E-state index in [4.69, 9.17) is 0 Å². The predicted molar refractivity (Wildman–Crippen MR) is 120 cm³/mol. The molecule has 0 radical (unpaired) electrons. The summed E-state index contributed by atoms with van der Waals surface area (Å²) in [6.07, 6.45) is 0.313. The molecular weight excluding hydrogens is 469 g/mol. The van der Waals surface area contributed by atoms with E-state index in [1.165, 1.54) is 19.1 Å². The van der Waals surface area contributed by atoms with E-state index in [1.807, 2.05) is 30.3 Å². The summed E-state index contributed by atoms with van der Waals surface area (Å²) in [4.78, 5) is 15.5. The molecule has 1 amide bonds. The summed E-state index contributed by atoms with van der Waals surface area (Å²) in [7, 11) is 0. The van der Waals surface area contributed by atoms with Gasteiger partial charge in [0.2, 0.25) is 0 Å². The maximum absolute atomic E-state index is 13.3. The Kier molecular flexibility index (Phi) is 7.59. The number of nitrogens with zero attached hydrogens (tertiary/aromatic N) is 1. The van der Waals surface area contributed by atoms with Crippen LogP contribution in [0.25, 0.3) is 0 Å². The van der Waals surface area contributed by atoms with Crippen LogP contribution < -0.4 is 5.32 Å². The van der Waals surface area contributed by atoms with Crippen LogP contribution in [-0.2, 0) is 6.18 Å². The molecule has 1 saturated heterocycles. The molecule has 1 aliphatic rings. The van der Waals surface area contributed by atoms with Crippen molar-refractivity contribution in [2.45, 2.75) is 44.4 Å². The van der Waals surface area contributed by atoms with Gasteiger partial charge in [0.15, 0.2) is 0 Å². The van der Waals surface area contributed by atoms with Crippen molar-refractivity contribution in [3.8, 4) is 0 Å². The van der Waals surface area contributed by atoms with Crippen molar-refractivity contribution in [2.75, 3.05) is 13.1 Å². The molecule has 0 unspecified atom stereocenters. The molecule has 2 aromatic rings. The minimum atomic E-state index is -4.51. The molecule has 3 rings (SSSR count). The molecule has 1 N–H and O–H groups in total. The molecule has 2 aromatic carbocycles. The first-order chi connectivity index (χ1) is 14.7. The number of carbonyl (C=O) groups excluding carboxylic acids is 1. The number of carbonyl (C=O) groups is 1. The van der Waals surface area contributed by atoms with Gasteiger partial charge in [-0.05, 0) is 61.7 Å². The fraction of sp³-hybridized carbons (Fsp3) is 0.375. The van der Waals surface area contributed by atoms with Crippen LogP contribution >= 0.6 is 15.9 Å². The lowest BCUT2D eigenvalue weighted by atomic mass is 9.90. The Morgan fingerprint density at radius 2 is 2.03 bits per heavy atom. The fourth-order valence-electron chi connectivity index (χ4n) is 4.30. The van der Waals surface area contributed by atoms with Gasteiger partial charge >= 0.3 is 6.18 Å². The summed E-state index contributed by atoms with van der Waals surface area (Å²) in [5.41, 5.74) is 0.103. The van der Waals surface area contributed by atoms with Crippen LogP contribution in [0.4, 0.5) is 13.2 Å². The van der Waals surface area contributed by atoms with Gasteiger partial charge in [0.25, 0.3) is 5.91 Å². The summed E-state index contributed by atoms with van der Waals surface area (Å²) in [6, 6.07) is 11.1.